The zero-order valence-electron chi connectivity index (χ0n) is 28.3. The Morgan fingerprint density at radius 1 is 1.02 bits per heavy atom. The molecule has 0 aliphatic heterocycles. The average Bonchev–Trinajstić information content (AvgIpc) is 4.09. The molecule has 12 nitrogen and oxygen atoms in total. The second-order valence-electron chi connectivity index (χ2n) is 13.0. The summed E-state index contributed by atoms with van der Waals surface area (Å²) >= 11 is 8.23. The Morgan fingerprint density at radius 2 is 1.78 bits per heavy atom. The number of thioether (sulfide) groups is 1. The fraction of sp³-hybridized carbons (Fsp3) is 0.486. The molecule has 2 aliphatic carbocycles. The van der Waals surface area contributed by atoms with Crippen molar-refractivity contribution in [2.45, 2.75) is 92.6 Å². The van der Waals surface area contributed by atoms with E-state index in [1.165, 1.54) is 4.90 Å². The van der Waals surface area contributed by atoms with Gasteiger partial charge in [-0.2, -0.15) is 0 Å². The number of carbonyl (C=O) groups is 2. The first-order chi connectivity index (χ1) is 24.5. The topological polar surface area (TPSA) is 196 Å². The standard InChI is InChI=1S/C37H46ClN3O9S/c38-29-10-9-25(51-18-4-3-16-41(17-12-32(39)44)36(48)35(47)34(46)33(45)30(43)21-42)19-23(29)22-49-37(13-14-37)28-20-40-15-11-26(28)27-5-1-2-6-31(27)50-24-7-8-24/h1-2,5-6,9-11,15,19-20,24,30,33-35,42-43,45-47H,3-4,7-8,12-14,16-18,21-22H2,(H2,39,44)/t30-,33+,34-,35-/m0/s1. The number of pyridine rings is 1. The van der Waals surface area contributed by atoms with Crippen molar-refractivity contribution in [1.29, 1.82) is 0 Å². The molecule has 51 heavy (non-hydrogen) atoms. The number of primary amides is 1. The van der Waals surface area contributed by atoms with Crippen molar-refractivity contribution >= 4 is 35.2 Å². The van der Waals surface area contributed by atoms with Crippen LogP contribution in [0.25, 0.3) is 11.1 Å². The number of hydrogen-bond acceptors (Lipinski definition) is 11. The van der Waals surface area contributed by atoms with E-state index in [0.29, 0.717) is 30.2 Å². The minimum atomic E-state index is -2.07. The van der Waals surface area contributed by atoms with Gasteiger partial charge in [0.25, 0.3) is 5.91 Å². The minimum Gasteiger partial charge on any atom is -0.490 e. The number of aliphatic hydroxyl groups excluding tert-OH is 5. The van der Waals surface area contributed by atoms with Crippen molar-refractivity contribution < 1.29 is 44.6 Å². The highest BCUT2D eigenvalue weighted by atomic mass is 35.5. The van der Waals surface area contributed by atoms with Crippen LogP contribution in [-0.2, 0) is 26.5 Å². The van der Waals surface area contributed by atoms with Gasteiger partial charge in [-0.3, -0.25) is 14.6 Å². The van der Waals surface area contributed by atoms with E-state index >= 15 is 0 Å². The third-order valence-corrected chi connectivity index (χ3v) is 10.5. The van der Waals surface area contributed by atoms with Crippen molar-refractivity contribution in [3.8, 4) is 16.9 Å². The van der Waals surface area contributed by atoms with Crippen molar-refractivity contribution in [3.63, 3.8) is 0 Å². The molecule has 14 heteroatoms. The van der Waals surface area contributed by atoms with Crippen LogP contribution >= 0.6 is 23.4 Å². The van der Waals surface area contributed by atoms with E-state index in [4.69, 9.17) is 31.9 Å². The number of nitrogens with zero attached hydrogens (tertiary/aromatic N) is 2. The molecule has 2 fully saturated rings. The molecular weight excluding hydrogens is 698 g/mol. The van der Waals surface area contributed by atoms with Gasteiger partial charge in [0.2, 0.25) is 5.91 Å². The van der Waals surface area contributed by atoms with Gasteiger partial charge in [0.05, 0.1) is 24.9 Å². The fourth-order valence-corrected chi connectivity index (χ4v) is 6.90. The number of halogens is 1. The van der Waals surface area contributed by atoms with Crippen molar-refractivity contribution in [1.82, 2.24) is 9.88 Å². The van der Waals surface area contributed by atoms with Crippen LogP contribution < -0.4 is 10.5 Å². The second kappa shape index (κ2) is 18.0. The lowest BCUT2D eigenvalue weighted by atomic mass is 9.96. The smallest absolute Gasteiger partial charge is 0.254 e. The summed E-state index contributed by atoms with van der Waals surface area (Å²) in [5.41, 5.74) is 8.75. The summed E-state index contributed by atoms with van der Waals surface area (Å²) in [4.78, 5) is 30.9. The SMILES string of the molecule is NC(=O)CCN(CCCCSc1ccc(Cl)c(COC2(c3cnccc3-c3ccccc3OC3CC3)CC2)c1)C(=O)[C@@H](O)[C@@H](O)[C@H](O)[C@@H](O)CO. The zero-order valence-corrected chi connectivity index (χ0v) is 29.8. The zero-order chi connectivity index (χ0) is 36.5. The number of benzene rings is 2. The molecule has 7 N–H and O–H groups in total. The lowest BCUT2D eigenvalue weighted by Gasteiger charge is -2.30. The van der Waals surface area contributed by atoms with Crippen LogP contribution in [0.3, 0.4) is 0 Å². The van der Waals surface area contributed by atoms with Crippen LogP contribution in [0.2, 0.25) is 5.02 Å². The van der Waals surface area contributed by atoms with E-state index in [9.17, 15) is 30.0 Å². The van der Waals surface area contributed by atoms with Gasteiger partial charge in [0.15, 0.2) is 6.10 Å². The molecule has 2 saturated carbocycles. The number of hydrogen-bond donors (Lipinski definition) is 6. The van der Waals surface area contributed by atoms with Gasteiger partial charge in [-0.15, -0.1) is 11.8 Å². The van der Waals surface area contributed by atoms with E-state index in [1.54, 1.807) is 18.0 Å². The molecule has 2 aromatic carbocycles. The molecule has 2 aliphatic rings. The van der Waals surface area contributed by atoms with Gasteiger partial charge in [-0.1, -0.05) is 29.8 Å². The van der Waals surface area contributed by atoms with E-state index in [2.05, 4.69) is 11.1 Å². The Balaban J connectivity index is 1.16. The number of unbranched alkanes of at least 4 members (excludes halogenated alkanes) is 1. The van der Waals surface area contributed by atoms with Crippen LogP contribution in [0.1, 0.15) is 56.1 Å². The Bertz CT molecular complexity index is 1640. The van der Waals surface area contributed by atoms with Crippen LogP contribution in [0.4, 0.5) is 0 Å². The number of nitrogens with two attached hydrogens (primary N) is 1. The molecule has 0 radical (unpaired) electrons. The van der Waals surface area contributed by atoms with Crippen molar-refractivity contribution in [2.24, 2.45) is 5.73 Å². The summed E-state index contributed by atoms with van der Waals surface area (Å²) in [5.74, 6) is -0.00997. The van der Waals surface area contributed by atoms with Gasteiger partial charge < -0.3 is 45.6 Å². The van der Waals surface area contributed by atoms with Crippen molar-refractivity contribution in [2.75, 3.05) is 25.4 Å². The lowest BCUT2D eigenvalue weighted by Crippen LogP contribution is -2.53. The highest BCUT2D eigenvalue weighted by molar-refractivity contribution is 7.99. The van der Waals surface area contributed by atoms with Gasteiger partial charge in [0.1, 0.15) is 24.1 Å². The Kier molecular flexibility index (Phi) is 13.7. The largest absolute Gasteiger partial charge is 0.490 e. The summed E-state index contributed by atoms with van der Waals surface area (Å²) in [7, 11) is 0. The number of carbonyl (C=O) groups excluding carboxylic acids is 2. The van der Waals surface area contributed by atoms with E-state index < -0.39 is 48.4 Å². The van der Waals surface area contributed by atoms with Gasteiger partial charge >= 0.3 is 0 Å². The Morgan fingerprint density at radius 3 is 2.49 bits per heavy atom. The first-order valence-electron chi connectivity index (χ1n) is 17.2. The molecule has 276 valence electrons. The third-order valence-electron chi connectivity index (χ3n) is 9.07. The third kappa shape index (κ3) is 10.4. The summed E-state index contributed by atoms with van der Waals surface area (Å²) in [6, 6.07) is 15.9. The maximum absolute atomic E-state index is 12.9. The molecule has 2 amide bonds. The molecule has 1 heterocycles. The summed E-state index contributed by atoms with van der Waals surface area (Å²) in [6.07, 6.45) is 1.04. The van der Waals surface area contributed by atoms with Gasteiger partial charge in [0, 0.05) is 52.9 Å². The maximum Gasteiger partial charge on any atom is 0.254 e. The predicted molar refractivity (Wildman–Crippen MR) is 192 cm³/mol. The predicted octanol–water partition coefficient (Wildman–Crippen LogP) is 3.16. The second-order valence-corrected chi connectivity index (χ2v) is 14.6. The first kappa shape index (κ1) is 38.9. The molecule has 3 aromatic rings. The molecule has 0 saturated heterocycles. The number of aromatic nitrogens is 1. The van der Waals surface area contributed by atoms with Crippen LogP contribution in [0.5, 0.6) is 5.75 Å². The first-order valence-corrected chi connectivity index (χ1v) is 18.6. The summed E-state index contributed by atoms with van der Waals surface area (Å²) < 4.78 is 12.8. The minimum absolute atomic E-state index is 0.0902. The monoisotopic (exact) mass is 743 g/mol. The van der Waals surface area contributed by atoms with Crippen molar-refractivity contribution in [3.05, 3.63) is 77.1 Å². The number of rotatable bonds is 21. The van der Waals surface area contributed by atoms with E-state index in [-0.39, 0.29) is 25.6 Å². The lowest BCUT2D eigenvalue weighted by molar-refractivity contribution is -0.158. The molecular formula is C37H46ClN3O9S. The Hall–Kier alpha value is -3.27. The number of aliphatic hydroxyl groups is 5. The van der Waals surface area contributed by atoms with Gasteiger partial charge in [-0.25, -0.2) is 0 Å². The highest BCUT2D eigenvalue weighted by Crippen LogP contribution is 2.53. The summed E-state index contributed by atoms with van der Waals surface area (Å²) in [5, 5.41) is 49.7. The maximum atomic E-state index is 12.9. The molecule has 0 bridgehead atoms. The molecule has 0 unspecified atom stereocenters. The average molecular weight is 744 g/mol. The summed E-state index contributed by atoms with van der Waals surface area (Å²) in [6.45, 7) is -0.488. The molecule has 5 rings (SSSR count). The Labute approximate surface area is 306 Å². The van der Waals surface area contributed by atoms with Gasteiger partial charge in [-0.05, 0) is 85.7 Å². The quantitative estimate of drug-likeness (QED) is 0.0693. The van der Waals surface area contributed by atoms with E-state index in [1.807, 2.05) is 48.7 Å². The van der Waals surface area contributed by atoms with Crippen LogP contribution in [0.15, 0.2) is 65.8 Å². The number of para-hydroxylation sites is 1. The normalized spacial score (nSPS) is 17.3. The molecule has 1 aromatic heterocycles. The highest BCUT2D eigenvalue weighted by Gasteiger charge is 2.48. The molecule has 0 spiro atoms. The fourth-order valence-electron chi connectivity index (χ4n) is 5.75. The molecule has 4 atom stereocenters. The van der Waals surface area contributed by atoms with Crippen LogP contribution in [-0.4, -0.2) is 103 Å². The number of amides is 2. The van der Waals surface area contributed by atoms with E-state index in [0.717, 1.165) is 58.6 Å². The number of ether oxygens (including phenoxy) is 2. The van der Waals surface area contributed by atoms with Crippen LogP contribution in [0, 0.1) is 0 Å².